The van der Waals surface area contributed by atoms with E-state index in [9.17, 15) is 22.8 Å². The fourth-order valence-corrected chi connectivity index (χ4v) is 0.591. The molecule has 0 aromatic rings. The summed E-state index contributed by atoms with van der Waals surface area (Å²) in [5.41, 5.74) is 0. The Labute approximate surface area is 77.3 Å². The number of amides is 2. The van der Waals surface area contributed by atoms with Gasteiger partial charge in [-0.2, -0.15) is 13.2 Å². The van der Waals surface area contributed by atoms with Crippen LogP contribution in [-0.2, 0) is 4.79 Å². The molecule has 0 aliphatic rings. The third kappa shape index (κ3) is 6.09. The molecule has 0 radical (unpaired) electrons. The van der Waals surface area contributed by atoms with Gasteiger partial charge in [-0.05, 0) is 6.92 Å². The van der Waals surface area contributed by atoms with E-state index in [2.05, 4.69) is 0 Å². The summed E-state index contributed by atoms with van der Waals surface area (Å²) in [5, 5.41) is 11.4. The van der Waals surface area contributed by atoms with E-state index >= 15 is 0 Å². The number of carbonyl (C=O) groups is 2. The molecule has 0 saturated heterocycles. The van der Waals surface area contributed by atoms with E-state index in [1.165, 1.54) is 5.32 Å². The Balaban J connectivity index is 3.91. The molecule has 0 aromatic heterocycles. The second-order valence-corrected chi connectivity index (χ2v) is 2.50. The Kier molecular flexibility index (Phi) is 4.19. The summed E-state index contributed by atoms with van der Waals surface area (Å²) in [6.45, 7) is -0.336. The zero-order valence-electron chi connectivity index (χ0n) is 7.18. The van der Waals surface area contributed by atoms with Crippen LogP contribution in [0.15, 0.2) is 0 Å². The van der Waals surface area contributed by atoms with Gasteiger partial charge in [-0.25, -0.2) is 4.79 Å². The van der Waals surface area contributed by atoms with Gasteiger partial charge >= 0.3 is 12.3 Å². The Morgan fingerprint density at radius 3 is 2.29 bits per heavy atom. The van der Waals surface area contributed by atoms with Gasteiger partial charge in [0.2, 0.25) is 5.91 Å². The lowest BCUT2D eigenvalue weighted by Crippen LogP contribution is -2.46. The maximum absolute atomic E-state index is 11.6. The quantitative estimate of drug-likeness (QED) is 0.633. The van der Waals surface area contributed by atoms with E-state index in [0.717, 1.165) is 6.92 Å². The number of hydrogen-bond acceptors (Lipinski definition) is 2. The summed E-state index contributed by atoms with van der Waals surface area (Å²) in [5.74, 6) is -1.02. The lowest BCUT2D eigenvalue weighted by molar-refractivity contribution is -0.139. The average Bonchev–Trinajstić information content (AvgIpc) is 1.97. The molecule has 3 N–H and O–H groups in total. The first-order valence-corrected chi connectivity index (χ1v) is 3.56. The van der Waals surface area contributed by atoms with Gasteiger partial charge in [-0.1, -0.05) is 0 Å². The SMILES string of the molecule is CC(NC(=O)O)C(=O)NCC(F)(F)F. The normalized spacial score (nSPS) is 13.1. The molecule has 1 unspecified atom stereocenters. The van der Waals surface area contributed by atoms with E-state index in [1.807, 2.05) is 0 Å². The number of rotatable bonds is 3. The smallest absolute Gasteiger partial charge is 0.405 e. The summed E-state index contributed by atoms with van der Waals surface area (Å²) >= 11 is 0. The number of carbonyl (C=O) groups excluding carboxylic acids is 1. The summed E-state index contributed by atoms with van der Waals surface area (Å²) in [6.07, 6.45) is -5.97. The predicted octanol–water partition coefficient (Wildman–Crippen LogP) is 0.321. The zero-order chi connectivity index (χ0) is 11.4. The van der Waals surface area contributed by atoms with Crippen molar-refractivity contribution < 1.29 is 27.9 Å². The average molecular weight is 214 g/mol. The molecular weight excluding hydrogens is 205 g/mol. The van der Waals surface area contributed by atoms with Crippen LogP contribution < -0.4 is 10.6 Å². The van der Waals surface area contributed by atoms with Gasteiger partial charge < -0.3 is 15.7 Å². The molecule has 8 heteroatoms. The van der Waals surface area contributed by atoms with Crippen molar-refractivity contribution in [2.24, 2.45) is 0 Å². The molecule has 0 rings (SSSR count). The maximum atomic E-state index is 11.6. The van der Waals surface area contributed by atoms with Crippen LogP contribution in [0.1, 0.15) is 6.92 Å². The van der Waals surface area contributed by atoms with E-state index in [1.54, 1.807) is 5.32 Å². The van der Waals surface area contributed by atoms with Gasteiger partial charge in [0.25, 0.3) is 0 Å². The molecule has 0 spiro atoms. The second-order valence-electron chi connectivity index (χ2n) is 2.50. The Hall–Kier alpha value is -1.47. The lowest BCUT2D eigenvalue weighted by Gasteiger charge is -2.12. The van der Waals surface area contributed by atoms with Crippen LogP contribution in [-0.4, -0.2) is 35.9 Å². The lowest BCUT2D eigenvalue weighted by atomic mass is 10.3. The van der Waals surface area contributed by atoms with Crippen LogP contribution in [0.25, 0.3) is 0 Å². The minimum Gasteiger partial charge on any atom is -0.465 e. The van der Waals surface area contributed by atoms with Crippen LogP contribution in [0.4, 0.5) is 18.0 Å². The van der Waals surface area contributed by atoms with Crippen LogP contribution >= 0.6 is 0 Å². The van der Waals surface area contributed by atoms with Crippen molar-refractivity contribution in [2.45, 2.75) is 19.1 Å². The van der Waals surface area contributed by atoms with Gasteiger partial charge in [0.15, 0.2) is 0 Å². The van der Waals surface area contributed by atoms with E-state index in [4.69, 9.17) is 5.11 Å². The molecule has 0 aliphatic heterocycles. The van der Waals surface area contributed by atoms with Gasteiger partial charge in [-0.3, -0.25) is 4.79 Å². The summed E-state index contributed by atoms with van der Waals surface area (Å²) in [4.78, 5) is 20.8. The molecule has 0 bridgehead atoms. The number of carboxylic acid groups (broad SMARTS) is 1. The number of alkyl halides is 3. The first kappa shape index (κ1) is 12.5. The highest BCUT2D eigenvalue weighted by Crippen LogP contribution is 2.12. The third-order valence-electron chi connectivity index (χ3n) is 1.20. The van der Waals surface area contributed by atoms with E-state index in [-0.39, 0.29) is 0 Å². The fourth-order valence-electron chi connectivity index (χ4n) is 0.591. The Morgan fingerprint density at radius 1 is 1.43 bits per heavy atom. The van der Waals surface area contributed by atoms with Crippen LogP contribution in [0, 0.1) is 0 Å². The summed E-state index contributed by atoms with van der Waals surface area (Å²) in [6, 6.07) is -1.21. The van der Waals surface area contributed by atoms with Crippen molar-refractivity contribution in [1.29, 1.82) is 0 Å². The highest BCUT2D eigenvalue weighted by atomic mass is 19.4. The first-order valence-electron chi connectivity index (χ1n) is 3.56. The van der Waals surface area contributed by atoms with Crippen molar-refractivity contribution in [2.75, 3.05) is 6.54 Å². The molecule has 82 valence electrons. The van der Waals surface area contributed by atoms with Crippen molar-refractivity contribution in [1.82, 2.24) is 10.6 Å². The van der Waals surface area contributed by atoms with Crippen molar-refractivity contribution in [3.63, 3.8) is 0 Å². The first-order chi connectivity index (χ1) is 6.22. The molecule has 0 aliphatic carbocycles. The van der Waals surface area contributed by atoms with Gasteiger partial charge in [0.05, 0.1) is 0 Å². The van der Waals surface area contributed by atoms with Crippen LogP contribution in [0.3, 0.4) is 0 Å². The molecule has 1 atom stereocenters. The van der Waals surface area contributed by atoms with Crippen LogP contribution in [0.2, 0.25) is 0 Å². The van der Waals surface area contributed by atoms with Gasteiger partial charge in [-0.15, -0.1) is 0 Å². The van der Waals surface area contributed by atoms with Gasteiger partial charge in [0.1, 0.15) is 12.6 Å². The Morgan fingerprint density at radius 2 is 1.93 bits per heavy atom. The fraction of sp³-hybridized carbons (Fsp3) is 0.667. The minimum absolute atomic E-state index is 1.02. The van der Waals surface area contributed by atoms with Gasteiger partial charge in [0, 0.05) is 0 Å². The van der Waals surface area contributed by atoms with Crippen molar-refractivity contribution in [3.8, 4) is 0 Å². The van der Waals surface area contributed by atoms with E-state index in [0.29, 0.717) is 0 Å². The van der Waals surface area contributed by atoms with Crippen molar-refractivity contribution >= 4 is 12.0 Å². The molecular formula is C6H9F3N2O3. The minimum atomic E-state index is -4.50. The highest BCUT2D eigenvalue weighted by Gasteiger charge is 2.28. The summed E-state index contributed by atoms with van der Waals surface area (Å²) in [7, 11) is 0. The number of halogens is 3. The van der Waals surface area contributed by atoms with E-state index < -0.39 is 30.8 Å². The molecule has 0 heterocycles. The molecule has 2 amide bonds. The number of nitrogens with one attached hydrogen (secondary N) is 2. The molecule has 5 nitrogen and oxygen atoms in total. The topological polar surface area (TPSA) is 78.4 Å². The monoisotopic (exact) mass is 214 g/mol. The summed E-state index contributed by atoms with van der Waals surface area (Å²) < 4.78 is 34.8. The van der Waals surface area contributed by atoms with Crippen molar-refractivity contribution in [3.05, 3.63) is 0 Å². The molecule has 14 heavy (non-hydrogen) atoms. The Bertz CT molecular complexity index is 229. The second kappa shape index (κ2) is 4.68. The zero-order valence-corrected chi connectivity index (χ0v) is 7.18. The molecule has 0 aromatic carbocycles. The highest BCUT2D eigenvalue weighted by molar-refractivity contribution is 5.84. The molecule has 0 saturated carbocycles. The maximum Gasteiger partial charge on any atom is 0.405 e. The van der Waals surface area contributed by atoms with Crippen LogP contribution in [0.5, 0.6) is 0 Å². The third-order valence-corrected chi connectivity index (χ3v) is 1.20. The standard InChI is InChI=1S/C6H9F3N2O3/c1-3(11-5(13)14)4(12)10-2-6(7,8)9/h3,11H,2H2,1H3,(H,10,12)(H,13,14). The largest absolute Gasteiger partial charge is 0.465 e. The number of hydrogen-bond donors (Lipinski definition) is 3. The predicted molar refractivity (Wildman–Crippen MR) is 39.7 cm³/mol. The molecule has 0 fully saturated rings.